The third-order valence-electron chi connectivity index (χ3n) is 1.48. The fourth-order valence-electron chi connectivity index (χ4n) is 0.719. The quantitative estimate of drug-likeness (QED) is 0.626. The second-order valence-corrected chi connectivity index (χ2v) is 2.35. The summed E-state index contributed by atoms with van der Waals surface area (Å²) in [6, 6.07) is -1.25. The maximum Gasteiger partial charge on any atom is 0.410 e. The van der Waals surface area contributed by atoms with E-state index < -0.39 is 24.7 Å². The molecule has 0 heterocycles. The molecule has 0 radical (unpaired) electrons. The molecule has 2 N–H and O–H groups in total. The Morgan fingerprint density at radius 1 is 1.54 bits per heavy atom. The second kappa shape index (κ2) is 5.36. The van der Waals surface area contributed by atoms with Crippen LogP contribution in [0.25, 0.3) is 0 Å². The lowest BCUT2D eigenvalue weighted by Gasteiger charge is -2.21. The highest BCUT2D eigenvalue weighted by atomic mass is 16.6. The molecular formula is C7H13NO5. The number of carboxylic acid groups (broad SMARTS) is 1. The summed E-state index contributed by atoms with van der Waals surface area (Å²) in [4.78, 5) is 22.3. The van der Waals surface area contributed by atoms with Crippen molar-refractivity contribution in [1.82, 2.24) is 4.90 Å². The van der Waals surface area contributed by atoms with Gasteiger partial charge in [0.25, 0.3) is 0 Å². The molecular weight excluding hydrogens is 178 g/mol. The smallest absolute Gasteiger partial charge is 0.410 e. The Morgan fingerprint density at radius 3 is 2.38 bits per heavy atom. The lowest BCUT2D eigenvalue weighted by molar-refractivity contribution is -0.143. The number of aliphatic carboxylic acids is 1. The van der Waals surface area contributed by atoms with Crippen molar-refractivity contribution >= 4 is 12.1 Å². The molecule has 13 heavy (non-hydrogen) atoms. The zero-order valence-corrected chi connectivity index (χ0v) is 7.56. The molecule has 0 aromatic rings. The first kappa shape index (κ1) is 11.7. The van der Waals surface area contributed by atoms with Crippen LogP contribution in [0.3, 0.4) is 0 Å². The van der Waals surface area contributed by atoms with Gasteiger partial charge in [0.05, 0.1) is 13.2 Å². The third kappa shape index (κ3) is 3.29. The first-order chi connectivity index (χ1) is 6.04. The number of likely N-dealkylation sites (N-methyl/N-ethyl adjacent to an activating group) is 1. The van der Waals surface area contributed by atoms with Gasteiger partial charge in [-0.15, -0.1) is 0 Å². The first-order valence-corrected chi connectivity index (χ1v) is 3.77. The van der Waals surface area contributed by atoms with E-state index in [1.807, 2.05) is 0 Å². The van der Waals surface area contributed by atoms with Crippen molar-refractivity contribution in [3.63, 3.8) is 0 Å². The number of aliphatic hydroxyl groups is 1. The highest BCUT2D eigenvalue weighted by Crippen LogP contribution is 1.99. The molecule has 0 aromatic carbocycles. The Kier molecular flexibility index (Phi) is 4.83. The molecule has 0 rings (SSSR count). The molecule has 0 aliphatic heterocycles. The fraction of sp³-hybridized carbons (Fsp3) is 0.714. The summed E-state index contributed by atoms with van der Waals surface area (Å²) in [5, 5.41) is 17.2. The van der Waals surface area contributed by atoms with Crippen LogP contribution in [0.1, 0.15) is 6.92 Å². The summed E-state index contributed by atoms with van der Waals surface area (Å²) in [7, 11) is 1.26. The Morgan fingerprint density at radius 2 is 2.08 bits per heavy atom. The normalized spacial score (nSPS) is 11.9. The van der Waals surface area contributed by atoms with Gasteiger partial charge in [-0.05, 0) is 6.92 Å². The van der Waals surface area contributed by atoms with Crippen LogP contribution in [-0.4, -0.2) is 53.5 Å². The number of hydrogen-bond donors (Lipinski definition) is 2. The van der Waals surface area contributed by atoms with Gasteiger partial charge < -0.3 is 14.9 Å². The molecule has 0 saturated heterocycles. The monoisotopic (exact) mass is 191 g/mol. The number of carbonyl (C=O) groups is 2. The Hall–Kier alpha value is -1.30. The molecule has 0 aliphatic carbocycles. The maximum absolute atomic E-state index is 11.0. The Bertz CT molecular complexity index is 193. The van der Waals surface area contributed by atoms with Crippen molar-refractivity contribution in [3.05, 3.63) is 0 Å². The zero-order valence-electron chi connectivity index (χ0n) is 7.56. The van der Waals surface area contributed by atoms with E-state index >= 15 is 0 Å². The lowest BCUT2D eigenvalue weighted by atomic mass is 10.3. The summed E-state index contributed by atoms with van der Waals surface area (Å²) in [6.07, 6.45) is -0.760. The summed E-state index contributed by atoms with van der Waals surface area (Å²) in [6.45, 7) is 1.14. The molecule has 0 aliphatic rings. The van der Waals surface area contributed by atoms with E-state index in [4.69, 9.17) is 10.2 Å². The zero-order chi connectivity index (χ0) is 10.4. The van der Waals surface area contributed by atoms with Gasteiger partial charge in [-0.1, -0.05) is 0 Å². The highest BCUT2D eigenvalue weighted by molar-refractivity contribution is 5.79. The van der Waals surface area contributed by atoms with Crippen LogP contribution >= 0.6 is 0 Å². The van der Waals surface area contributed by atoms with Crippen molar-refractivity contribution in [1.29, 1.82) is 0 Å². The van der Waals surface area contributed by atoms with Crippen LogP contribution in [0.5, 0.6) is 0 Å². The molecule has 1 atom stereocenters. The van der Waals surface area contributed by atoms with Gasteiger partial charge >= 0.3 is 12.1 Å². The number of carboxylic acids is 1. The molecule has 1 unspecified atom stereocenters. The van der Waals surface area contributed by atoms with Crippen molar-refractivity contribution in [3.8, 4) is 0 Å². The number of aliphatic hydroxyl groups excluding tert-OH is 1. The topological polar surface area (TPSA) is 87.1 Å². The van der Waals surface area contributed by atoms with Crippen molar-refractivity contribution in [2.75, 3.05) is 20.3 Å². The van der Waals surface area contributed by atoms with Gasteiger partial charge in [0.1, 0.15) is 0 Å². The van der Waals surface area contributed by atoms with Crippen LogP contribution in [0.4, 0.5) is 4.79 Å². The van der Waals surface area contributed by atoms with E-state index in [9.17, 15) is 9.59 Å². The van der Waals surface area contributed by atoms with E-state index in [-0.39, 0.29) is 6.61 Å². The van der Waals surface area contributed by atoms with E-state index in [0.717, 1.165) is 4.90 Å². The summed E-state index contributed by atoms with van der Waals surface area (Å²) >= 11 is 0. The van der Waals surface area contributed by atoms with Gasteiger partial charge in [-0.25, -0.2) is 9.59 Å². The SMILES string of the molecule is CCOC(=O)N(C)C(CO)C(=O)O. The van der Waals surface area contributed by atoms with E-state index in [0.29, 0.717) is 0 Å². The maximum atomic E-state index is 11.0. The van der Waals surface area contributed by atoms with Gasteiger partial charge in [-0.3, -0.25) is 4.90 Å². The summed E-state index contributed by atoms with van der Waals surface area (Å²) < 4.78 is 4.55. The van der Waals surface area contributed by atoms with Crippen LogP contribution in [0.2, 0.25) is 0 Å². The number of amides is 1. The van der Waals surface area contributed by atoms with Gasteiger partial charge in [0, 0.05) is 7.05 Å². The molecule has 0 fully saturated rings. The van der Waals surface area contributed by atoms with Gasteiger partial charge in [-0.2, -0.15) is 0 Å². The Labute approximate surface area is 75.7 Å². The molecule has 6 nitrogen and oxygen atoms in total. The minimum atomic E-state index is -1.27. The van der Waals surface area contributed by atoms with Crippen molar-refractivity contribution in [2.24, 2.45) is 0 Å². The summed E-state index contributed by atoms with van der Waals surface area (Å²) in [5.41, 5.74) is 0. The van der Waals surface area contributed by atoms with Gasteiger partial charge in [0.2, 0.25) is 0 Å². The number of carbonyl (C=O) groups excluding carboxylic acids is 1. The van der Waals surface area contributed by atoms with Crippen LogP contribution in [-0.2, 0) is 9.53 Å². The molecule has 0 saturated carbocycles. The highest BCUT2D eigenvalue weighted by Gasteiger charge is 2.26. The van der Waals surface area contributed by atoms with E-state index in [1.54, 1.807) is 6.92 Å². The average molecular weight is 191 g/mol. The van der Waals surface area contributed by atoms with Crippen molar-refractivity contribution < 1.29 is 24.5 Å². The fourth-order valence-corrected chi connectivity index (χ4v) is 0.719. The van der Waals surface area contributed by atoms with E-state index in [2.05, 4.69) is 4.74 Å². The third-order valence-corrected chi connectivity index (χ3v) is 1.48. The molecule has 0 bridgehead atoms. The van der Waals surface area contributed by atoms with Crippen LogP contribution < -0.4 is 0 Å². The second-order valence-electron chi connectivity index (χ2n) is 2.35. The average Bonchev–Trinajstić information content (AvgIpc) is 2.05. The van der Waals surface area contributed by atoms with E-state index in [1.165, 1.54) is 7.05 Å². The summed E-state index contributed by atoms with van der Waals surface area (Å²) in [5.74, 6) is -1.27. The first-order valence-electron chi connectivity index (χ1n) is 3.77. The molecule has 6 heteroatoms. The molecule has 0 spiro atoms. The number of rotatable bonds is 4. The number of nitrogens with zero attached hydrogens (tertiary/aromatic N) is 1. The lowest BCUT2D eigenvalue weighted by Crippen LogP contribution is -2.45. The van der Waals surface area contributed by atoms with Crippen LogP contribution in [0.15, 0.2) is 0 Å². The van der Waals surface area contributed by atoms with Gasteiger partial charge in [0.15, 0.2) is 6.04 Å². The minimum absolute atomic E-state index is 0.168. The predicted octanol–water partition coefficient (Wildman–Crippen LogP) is -0.480. The molecule has 76 valence electrons. The number of ether oxygens (including phenoxy) is 1. The minimum Gasteiger partial charge on any atom is -0.480 e. The molecule has 0 aromatic heterocycles. The predicted molar refractivity (Wildman–Crippen MR) is 43.3 cm³/mol. The Balaban J connectivity index is 4.27. The van der Waals surface area contributed by atoms with Crippen molar-refractivity contribution in [2.45, 2.75) is 13.0 Å². The van der Waals surface area contributed by atoms with Crippen LogP contribution in [0, 0.1) is 0 Å². The largest absolute Gasteiger partial charge is 0.480 e. The number of hydrogen-bond acceptors (Lipinski definition) is 4. The standard InChI is InChI=1S/C7H13NO5/c1-3-13-7(12)8(2)5(4-9)6(10)11/h5,9H,3-4H2,1-2H3,(H,10,11). The molecule has 1 amide bonds.